The smallest absolute Gasteiger partial charge is 0.0103 e. The van der Waals surface area contributed by atoms with Gasteiger partial charge < -0.3 is 5.73 Å². The van der Waals surface area contributed by atoms with Gasteiger partial charge in [0.1, 0.15) is 0 Å². The highest BCUT2D eigenvalue weighted by Gasteiger charge is 1.98. The molecule has 0 aromatic heterocycles. The first kappa shape index (κ1) is 50.5. The van der Waals surface area contributed by atoms with Crippen LogP contribution in [0.15, 0.2) is 12.3 Å². The maximum Gasteiger partial charge on any atom is -0.0103 e. The standard InChI is InChI=1S/C50H101N/c1-2-3-4-5-6-7-8-9-10-11-12-13-14-15-16-17-18-19-20-21-22-23-24-25-26-27-28-29-30-31-32-33-34-35-36-37-38-39-40-41-42-43-44-45-46-47-48-49-50-51/h49-50H,2-48,51H2,1H3. The number of hydrogen-bond acceptors (Lipinski definition) is 1. The molecule has 0 rings (SSSR count). The number of unbranched alkanes of at least 4 members (excludes halogenated alkanes) is 46. The number of hydrogen-bond donors (Lipinski definition) is 1. The van der Waals surface area contributed by atoms with Crippen molar-refractivity contribution in [2.24, 2.45) is 5.73 Å². The Bertz CT molecular complexity index is 596. The van der Waals surface area contributed by atoms with Crippen molar-refractivity contribution >= 4 is 0 Å². The fourth-order valence-electron chi connectivity index (χ4n) is 8.21. The van der Waals surface area contributed by atoms with Crippen LogP contribution in [0.2, 0.25) is 0 Å². The molecule has 0 radical (unpaired) electrons. The summed E-state index contributed by atoms with van der Waals surface area (Å²) in [4.78, 5) is 0. The van der Waals surface area contributed by atoms with Crippen LogP contribution >= 0.6 is 0 Å². The van der Waals surface area contributed by atoms with E-state index in [1.807, 2.05) is 0 Å². The summed E-state index contributed by atoms with van der Waals surface area (Å²) in [5.74, 6) is 0. The molecule has 0 aliphatic rings. The first-order chi connectivity index (χ1) is 25.4. The summed E-state index contributed by atoms with van der Waals surface area (Å²) >= 11 is 0. The van der Waals surface area contributed by atoms with Crippen molar-refractivity contribution in [2.45, 2.75) is 309 Å². The van der Waals surface area contributed by atoms with Gasteiger partial charge in [-0.15, -0.1) is 0 Å². The SMILES string of the molecule is CCCCCCCCCCCCCCCCCCCCCCCCCCCCCCCCCCCCCCCCCCCCCCCCC=CN. The Morgan fingerprint density at radius 3 is 0.490 bits per heavy atom. The largest absolute Gasteiger partial charge is 0.405 e. The fraction of sp³-hybridized carbons (Fsp3) is 0.960. The summed E-state index contributed by atoms with van der Waals surface area (Å²) in [7, 11) is 0. The first-order valence-electron chi connectivity index (χ1n) is 24.8. The van der Waals surface area contributed by atoms with Crippen molar-refractivity contribution in [2.75, 3.05) is 0 Å². The van der Waals surface area contributed by atoms with E-state index in [4.69, 9.17) is 5.73 Å². The van der Waals surface area contributed by atoms with Crippen LogP contribution in [-0.2, 0) is 0 Å². The molecule has 0 spiro atoms. The van der Waals surface area contributed by atoms with Crippen LogP contribution in [0.3, 0.4) is 0 Å². The van der Waals surface area contributed by atoms with Gasteiger partial charge in [0.25, 0.3) is 0 Å². The zero-order valence-electron chi connectivity index (χ0n) is 36.0. The minimum atomic E-state index is 1.16. The van der Waals surface area contributed by atoms with E-state index in [0.29, 0.717) is 0 Å². The van der Waals surface area contributed by atoms with Crippen LogP contribution in [0.25, 0.3) is 0 Å². The third-order valence-corrected chi connectivity index (χ3v) is 11.9. The van der Waals surface area contributed by atoms with Crippen LogP contribution in [0.4, 0.5) is 0 Å². The van der Waals surface area contributed by atoms with Gasteiger partial charge in [0.2, 0.25) is 0 Å². The molecule has 0 aromatic carbocycles. The molecule has 0 amide bonds. The minimum absolute atomic E-state index is 1.16. The van der Waals surface area contributed by atoms with E-state index in [1.165, 1.54) is 295 Å². The summed E-state index contributed by atoms with van der Waals surface area (Å²) in [6.07, 6.45) is 72.8. The van der Waals surface area contributed by atoms with Crippen molar-refractivity contribution in [3.63, 3.8) is 0 Å². The lowest BCUT2D eigenvalue weighted by Gasteiger charge is -2.05. The molecule has 2 N–H and O–H groups in total. The van der Waals surface area contributed by atoms with E-state index in [2.05, 4.69) is 13.0 Å². The zero-order chi connectivity index (χ0) is 36.6. The average Bonchev–Trinajstić information content (AvgIpc) is 3.14. The lowest BCUT2D eigenvalue weighted by Crippen LogP contribution is -1.85. The average molecular weight is 716 g/mol. The monoisotopic (exact) mass is 716 g/mol. The van der Waals surface area contributed by atoms with Crippen molar-refractivity contribution in [3.05, 3.63) is 12.3 Å². The molecule has 1 nitrogen and oxygen atoms in total. The Hall–Kier alpha value is -0.460. The fourth-order valence-corrected chi connectivity index (χ4v) is 8.21. The van der Waals surface area contributed by atoms with Gasteiger partial charge in [-0.25, -0.2) is 0 Å². The maximum absolute atomic E-state index is 5.38. The second-order valence-electron chi connectivity index (χ2n) is 17.1. The Labute approximate surface area is 325 Å². The number of nitrogens with two attached hydrogens (primary N) is 1. The van der Waals surface area contributed by atoms with Crippen LogP contribution in [0.5, 0.6) is 0 Å². The van der Waals surface area contributed by atoms with Crippen molar-refractivity contribution in [1.29, 1.82) is 0 Å². The molecule has 0 aromatic rings. The van der Waals surface area contributed by atoms with Gasteiger partial charge in [-0.3, -0.25) is 0 Å². The van der Waals surface area contributed by atoms with E-state index >= 15 is 0 Å². The van der Waals surface area contributed by atoms with Gasteiger partial charge in [0.15, 0.2) is 0 Å². The molecule has 0 atom stereocenters. The Balaban J connectivity index is 3.05. The Kier molecular flexibility index (Phi) is 49.1. The maximum atomic E-state index is 5.38. The minimum Gasteiger partial charge on any atom is -0.405 e. The quantitative estimate of drug-likeness (QED) is 0.0624. The molecule has 306 valence electrons. The van der Waals surface area contributed by atoms with Gasteiger partial charge in [-0.05, 0) is 19.0 Å². The highest BCUT2D eigenvalue weighted by atomic mass is 14.5. The summed E-state index contributed by atoms with van der Waals surface area (Å²) in [6.45, 7) is 2.31. The molecule has 0 unspecified atom stereocenters. The van der Waals surface area contributed by atoms with Gasteiger partial charge in [0.05, 0.1) is 0 Å². The summed E-state index contributed by atoms with van der Waals surface area (Å²) in [5.41, 5.74) is 5.38. The number of allylic oxidation sites excluding steroid dienone is 1. The van der Waals surface area contributed by atoms with Crippen molar-refractivity contribution in [1.82, 2.24) is 0 Å². The lowest BCUT2D eigenvalue weighted by molar-refractivity contribution is 0.508. The molecule has 0 bridgehead atoms. The van der Waals surface area contributed by atoms with E-state index in [0.717, 1.165) is 6.42 Å². The van der Waals surface area contributed by atoms with E-state index in [1.54, 1.807) is 6.20 Å². The highest BCUT2D eigenvalue weighted by Crippen LogP contribution is 2.18. The molecule has 51 heavy (non-hydrogen) atoms. The second kappa shape index (κ2) is 49.5. The molecule has 0 heterocycles. The molecule has 0 saturated carbocycles. The zero-order valence-corrected chi connectivity index (χ0v) is 36.0. The summed E-state index contributed by atoms with van der Waals surface area (Å²) < 4.78 is 0. The molecular weight excluding hydrogens is 615 g/mol. The number of rotatable bonds is 47. The van der Waals surface area contributed by atoms with Crippen LogP contribution in [0.1, 0.15) is 309 Å². The van der Waals surface area contributed by atoms with Crippen LogP contribution in [-0.4, -0.2) is 0 Å². The van der Waals surface area contributed by atoms with Gasteiger partial charge in [0, 0.05) is 0 Å². The Morgan fingerprint density at radius 2 is 0.353 bits per heavy atom. The third kappa shape index (κ3) is 49.5. The summed E-state index contributed by atoms with van der Waals surface area (Å²) in [6, 6.07) is 0. The van der Waals surface area contributed by atoms with Gasteiger partial charge in [-0.2, -0.15) is 0 Å². The predicted molar refractivity (Wildman–Crippen MR) is 236 cm³/mol. The third-order valence-electron chi connectivity index (χ3n) is 11.9. The molecule has 1 heteroatoms. The predicted octanol–water partition coefficient (Wildman–Crippen LogP) is 18.8. The lowest BCUT2D eigenvalue weighted by atomic mass is 10.0. The van der Waals surface area contributed by atoms with Crippen molar-refractivity contribution in [3.8, 4) is 0 Å². The van der Waals surface area contributed by atoms with Gasteiger partial charge >= 0.3 is 0 Å². The van der Waals surface area contributed by atoms with E-state index < -0.39 is 0 Å². The van der Waals surface area contributed by atoms with Crippen LogP contribution < -0.4 is 5.73 Å². The summed E-state index contributed by atoms with van der Waals surface area (Å²) in [5, 5.41) is 0. The topological polar surface area (TPSA) is 26.0 Å². The van der Waals surface area contributed by atoms with Crippen LogP contribution in [0, 0.1) is 0 Å². The molecule has 0 saturated heterocycles. The molecular formula is C50H101N. The van der Waals surface area contributed by atoms with Gasteiger partial charge in [-0.1, -0.05) is 302 Å². The second-order valence-corrected chi connectivity index (χ2v) is 17.1. The molecule has 0 aliphatic carbocycles. The Morgan fingerprint density at radius 1 is 0.216 bits per heavy atom. The normalized spacial score (nSPS) is 11.8. The highest BCUT2D eigenvalue weighted by molar-refractivity contribution is 4.74. The molecule has 0 aliphatic heterocycles. The first-order valence-corrected chi connectivity index (χ1v) is 24.8. The van der Waals surface area contributed by atoms with Crippen molar-refractivity contribution < 1.29 is 0 Å². The van der Waals surface area contributed by atoms with E-state index in [9.17, 15) is 0 Å². The van der Waals surface area contributed by atoms with E-state index in [-0.39, 0.29) is 0 Å². The molecule has 0 fully saturated rings.